The molecule has 0 aliphatic carbocycles. The molecule has 7 heteroatoms. The number of rotatable bonds is 5. The molecule has 138 valence electrons. The highest BCUT2D eigenvalue weighted by atomic mass is 16.2. The summed E-state index contributed by atoms with van der Waals surface area (Å²) in [5.74, 6) is 0.136. The van der Waals surface area contributed by atoms with E-state index >= 15 is 0 Å². The lowest BCUT2D eigenvalue weighted by molar-refractivity contribution is -0.140. The van der Waals surface area contributed by atoms with Crippen molar-refractivity contribution in [1.82, 2.24) is 24.9 Å². The van der Waals surface area contributed by atoms with Crippen molar-refractivity contribution in [2.45, 2.75) is 12.5 Å². The summed E-state index contributed by atoms with van der Waals surface area (Å²) in [6, 6.07) is 9.34. The summed E-state index contributed by atoms with van der Waals surface area (Å²) in [5, 5.41) is 7.21. The first-order valence-electron chi connectivity index (χ1n) is 8.85. The predicted molar refractivity (Wildman–Crippen MR) is 98.3 cm³/mol. The molecule has 2 amide bonds. The number of nitrogens with one attached hydrogen (secondary N) is 1. The van der Waals surface area contributed by atoms with Crippen LogP contribution in [-0.2, 0) is 23.1 Å². The van der Waals surface area contributed by atoms with E-state index in [0.717, 1.165) is 11.1 Å². The van der Waals surface area contributed by atoms with Crippen molar-refractivity contribution in [1.29, 1.82) is 0 Å². The van der Waals surface area contributed by atoms with Crippen molar-refractivity contribution in [2.75, 3.05) is 33.2 Å². The molecule has 1 aliphatic rings. The Bertz CT molecular complexity index is 750. The van der Waals surface area contributed by atoms with Crippen LogP contribution in [0.3, 0.4) is 0 Å². The zero-order chi connectivity index (χ0) is 18.5. The average Bonchev–Trinajstić information content (AvgIpc) is 3.09. The minimum absolute atomic E-state index is 0.0238. The first-order valence-corrected chi connectivity index (χ1v) is 8.85. The number of aryl methyl sites for hydroxylation is 1. The van der Waals surface area contributed by atoms with Gasteiger partial charge in [-0.05, 0) is 12.6 Å². The first-order chi connectivity index (χ1) is 12.6. The molecule has 2 heterocycles. The Labute approximate surface area is 153 Å². The van der Waals surface area contributed by atoms with Crippen molar-refractivity contribution >= 4 is 11.8 Å². The number of carbonyl (C=O) groups is 2. The van der Waals surface area contributed by atoms with Crippen LogP contribution >= 0.6 is 0 Å². The van der Waals surface area contributed by atoms with Gasteiger partial charge in [0.15, 0.2) is 0 Å². The molecule has 1 aromatic heterocycles. The minimum Gasteiger partial charge on any atom is -0.339 e. The number of hydrogen-bond donors (Lipinski definition) is 1. The smallest absolute Gasteiger partial charge is 0.244 e. The monoisotopic (exact) mass is 355 g/mol. The molecule has 2 aromatic rings. The van der Waals surface area contributed by atoms with Crippen LogP contribution in [0.25, 0.3) is 0 Å². The number of piperazine rings is 1. The Balaban J connectivity index is 1.55. The summed E-state index contributed by atoms with van der Waals surface area (Å²) in [4.78, 5) is 28.9. The lowest BCUT2D eigenvalue weighted by atomic mass is 10.1. The maximum Gasteiger partial charge on any atom is 0.244 e. The van der Waals surface area contributed by atoms with Crippen molar-refractivity contribution in [3.05, 3.63) is 53.9 Å². The number of aromatic nitrogens is 2. The summed E-state index contributed by atoms with van der Waals surface area (Å²) in [5.41, 5.74) is 1.87. The third-order valence-corrected chi connectivity index (χ3v) is 4.74. The van der Waals surface area contributed by atoms with Gasteiger partial charge in [-0.25, -0.2) is 0 Å². The van der Waals surface area contributed by atoms with E-state index in [0.29, 0.717) is 32.6 Å². The van der Waals surface area contributed by atoms with Gasteiger partial charge in [-0.3, -0.25) is 14.3 Å². The van der Waals surface area contributed by atoms with E-state index < -0.39 is 6.04 Å². The van der Waals surface area contributed by atoms with Gasteiger partial charge >= 0.3 is 0 Å². The Hall–Kier alpha value is -2.67. The van der Waals surface area contributed by atoms with Gasteiger partial charge in [0.2, 0.25) is 11.8 Å². The second kappa shape index (κ2) is 8.14. The normalized spacial score (nSPS) is 15.8. The van der Waals surface area contributed by atoms with Crippen molar-refractivity contribution in [3.8, 4) is 0 Å². The fraction of sp³-hybridized carbons (Fsp3) is 0.421. The van der Waals surface area contributed by atoms with E-state index in [1.165, 1.54) is 0 Å². The van der Waals surface area contributed by atoms with Gasteiger partial charge in [0.1, 0.15) is 6.04 Å². The molecule has 1 saturated heterocycles. The second-order valence-corrected chi connectivity index (χ2v) is 6.54. The van der Waals surface area contributed by atoms with Crippen molar-refractivity contribution in [2.24, 2.45) is 7.05 Å². The SMILES string of the molecule is CNC(C(=O)N1CCN(C(=O)Cc2ccccc2)CC1)c1cnn(C)c1. The third kappa shape index (κ3) is 4.11. The van der Waals surface area contributed by atoms with Crippen LogP contribution in [0.1, 0.15) is 17.2 Å². The molecule has 26 heavy (non-hydrogen) atoms. The number of benzene rings is 1. The van der Waals surface area contributed by atoms with Crippen molar-refractivity contribution < 1.29 is 9.59 Å². The van der Waals surface area contributed by atoms with E-state index in [9.17, 15) is 9.59 Å². The van der Waals surface area contributed by atoms with E-state index in [4.69, 9.17) is 0 Å². The van der Waals surface area contributed by atoms with Crippen LogP contribution in [0.5, 0.6) is 0 Å². The number of amides is 2. The van der Waals surface area contributed by atoms with E-state index in [2.05, 4.69) is 10.4 Å². The lowest BCUT2D eigenvalue weighted by Crippen LogP contribution is -2.53. The van der Waals surface area contributed by atoms with E-state index in [1.807, 2.05) is 53.4 Å². The van der Waals surface area contributed by atoms with Crippen LogP contribution in [0, 0.1) is 0 Å². The maximum absolute atomic E-state index is 12.8. The molecular formula is C19H25N5O2. The molecule has 0 saturated carbocycles. The molecule has 1 fully saturated rings. The summed E-state index contributed by atoms with van der Waals surface area (Å²) < 4.78 is 1.69. The fourth-order valence-corrected chi connectivity index (χ4v) is 3.26. The average molecular weight is 355 g/mol. The summed E-state index contributed by atoms with van der Waals surface area (Å²) in [6.45, 7) is 2.25. The number of nitrogens with zero attached hydrogens (tertiary/aromatic N) is 4. The summed E-state index contributed by atoms with van der Waals surface area (Å²) >= 11 is 0. The Morgan fingerprint density at radius 3 is 2.35 bits per heavy atom. The number of hydrogen-bond acceptors (Lipinski definition) is 4. The predicted octanol–water partition coefficient (Wildman–Crippen LogP) is 0.594. The third-order valence-electron chi connectivity index (χ3n) is 4.74. The van der Waals surface area contributed by atoms with Gasteiger partial charge in [-0.1, -0.05) is 30.3 Å². The van der Waals surface area contributed by atoms with Crippen LogP contribution < -0.4 is 5.32 Å². The lowest BCUT2D eigenvalue weighted by Gasteiger charge is -2.36. The Kier molecular flexibility index (Phi) is 5.68. The molecule has 1 aliphatic heterocycles. The quantitative estimate of drug-likeness (QED) is 0.852. The topological polar surface area (TPSA) is 70.5 Å². The largest absolute Gasteiger partial charge is 0.339 e. The zero-order valence-corrected chi connectivity index (χ0v) is 15.3. The Morgan fingerprint density at radius 2 is 1.77 bits per heavy atom. The van der Waals surface area contributed by atoms with Crippen molar-refractivity contribution in [3.63, 3.8) is 0 Å². The molecule has 1 unspecified atom stereocenters. The summed E-state index contributed by atoms with van der Waals surface area (Å²) in [6.07, 6.45) is 3.96. The molecule has 1 aromatic carbocycles. The molecule has 0 bridgehead atoms. The molecule has 3 rings (SSSR count). The highest BCUT2D eigenvalue weighted by Crippen LogP contribution is 2.16. The van der Waals surface area contributed by atoms with Gasteiger partial charge in [0.05, 0.1) is 12.6 Å². The highest BCUT2D eigenvalue weighted by molar-refractivity contribution is 5.84. The van der Waals surface area contributed by atoms with Crippen LogP contribution in [0.2, 0.25) is 0 Å². The number of likely N-dealkylation sites (N-methyl/N-ethyl adjacent to an activating group) is 1. The molecule has 7 nitrogen and oxygen atoms in total. The standard InChI is InChI=1S/C19H25N5O2/c1-20-18(16-13-21-22(2)14-16)19(26)24-10-8-23(9-11-24)17(25)12-15-6-4-3-5-7-15/h3-7,13-14,18,20H,8-12H2,1-2H3. The van der Waals surface area contributed by atoms with E-state index in [1.54, 1.807) is 17.9 Å². The van der Waals surface area contributed by atoms with Gasteiger partial charge < -0.3 is 15.1 Å². The van der Waals surface area contributed by atoms with E-state index in [-0.39, 0.29) is 11.8 Å². The van der Waals surface area contributed by atoms with Crippen LogP contribution in [-0.4, -0.2) is 64.6 Å². The summed E-state index contributed by atoms with van der Waals surface area (Å²) in [7, 11) is 3.60. The molecule has 0 spiro atoms. The van der Waals surface area contributed by atoms with Crippen LogP contribution in [0.4, 0.5) is 0 Å². The fourth-order valence-electron chi connectivity index (χ4n) is 3.26. The molecular weight excluding hydrogens is 330 g/mol. The Morgan fingerprint density at radius 1 is 1.12 bits per heavy atom. The zero-order valence-electron chi connectivity index (χ0n) is 15.3. The van der Waals surface area contributed by atoms with Gasteiger partial charge in [0, 0.05) is 45.0 Å². The molecule has 1 atom stereocenters. The maximum atomic E-state index is 12.8. The van der Waals surface area contributed by atoms with Gasteiger partial charge in [-0.15, -0.1) is 0 Å². The first kappa shape index (κ1) is 18.1. The molecule has 1 N–H and O–H groups in total. The van der Waals surface area contributed by atoms with Crippen LogP contribution in [0.15, 0.2) is 42.7 Å². The number of carbonyl (C=O) groups excluding carboxylic acids is 2. The minimum atomic E-state index is -0.407. The van der Waals surface area contributed by atoms with Gasteiger partial charge in [0.25, 0.3) is 0 Å². The second-order valence-electron chi connectivity index (χ2n) is 6.54. The highest BCUT2D eigenvalue weighted by Gasteiger charge is 2.29. The molecule has 0 radical (unpaired) electrons. The van der Waals surface area contributed by atoms with Gasteiger partial charge in [-0.2, -0.15) is 5.10 Å².